The first-order valence-corrected chi connectivity index (χ1v) is 7.82. The third kappa shape index (κ3) is 6.12. The van der Waals surface area contributed by atoms with E-state index in [2.05, 4.69) is 10.1 Å². The summed E-state index contributed by atoms with van der Waals surface area (Å²) in [5.74, 6) is 0.290. The van der Waals surface area contributed by atoms with Crippen molar-refractivity contribution >= 4 is 5.71 Å². The van der Waals surface area contributed by atoms with Crippen LogP contribution < -0.4 is 0 Å². The number of aromatic hydroxyl groups is 1. The predicted octanol–water partition coefficient (Wildman–Crippen LogP) is 3.31. The SMILES string of the molecule is CN(C)CCON=C(CCc1ccc(O)cc1)c1ccccc1. The lowest BCUT2D eigenvalue weighted by atomic mass is 10.0. The topological polar surface area (TPSA) is 45.1 Å². The molecule has 0 atom stereocenters. The third-order valence-electron chi connectivity index (χ3n) is 3.50. The highest BCUT2D eigenvalue weighted by Gasteiger charge is 2.05. The van der Waals surface area contributed by atoms with E-state index in [4.69, 9.17) is 4.84 Å². The zero-order valence-corrected chi connectivity index (χ0v) is 13.8. The van der Waals surface area contributed by atoms with E-state index in [1.807, 2.05) is 56.6 Å². The Bertz CT molecular complexity index is 607. The molecule has 1 N–H and O–H groups in total. The molecule has 0 aliphatic rings. The van der Waals surface area contributed by atoms with E-state index in [-0.39, 0.29) is 5.75 Å². The maximum absolute atomic E-state index is 9.35. The molecule has 4 nitrogen and oxygen atoms in total. The Morgan fingerprint density at radius 2 is 1.74 bits per heavy atom. The van der Waals surface area contributed by atoms with E-state index < -0.39 is 0 Å². The van der Waals surface area contributed by atoms with Gasteiger partial charge in [0.1, 0.15) is 12.4 Å². The number of phenols is 1. The summed E-state index contributed by atoms with van der Waals surface area (Å²) in [6.45, 7) is 1.41. The second-order valence-electron chi connectivity index (χ2n) is 5.71. The van der Waals surface area contributed by atoms with Crippen LogP contribution in [0.4, 0.5) is 0 Å². The summed E-state index contributed by atoms with van der Waals surface area (Å²) >= 11 is 0. The van der Waals surface area contributed by atoms with Gasteiger partial charge in [-0.3, -0.25) is 0 Å². The Morgan fingerprint density at radius 1 is 1.04 bits per heavy atom. The number of oxime groups is 1. The van der Waals surface area contributed by atoms with E-state index in [1.165, 1.54) is 5.56 Å². The number of aryl methyl sites for hydroxylation is 1. The second-order valence-corrected chi connectivity index (χ2v) is 5.71. The number of rotatable bonds is 8. The number of benzene rings is 2. The Morgan fingerprint density at radius 3 is 2.39 bits per heavy atom. The smallest absolute Gasteiger partial charge is 0.129 e. The van der Waals surface area contributed by atoms with Crippen molar-refractivity contribution in [1.29, 1.82) is 0 Å². The lowest BCUT2D eigenvalue weighted by Gasteiger charge is -2.10. The van der Waals surface area contributed by atoms with Crippen molar-refractivity contribution in [3.8, 4) is 5.75 Å². The van der Waals surface area contributed by atoms with Crippen molar-refractivity contribution in [1.82, 2.24) is 4.90 Å². The van der Waals surface area contributed by atoms with Gasteiger partial charge in [0.05, 0.1) is 5.71 Å². The molecule has 0 saturated heterocycles. The number of nitrogens with zero attached hydrogens (tertiary/aromatic N) is 2. The van der Waals surface area contributed by atoms with Gasteiger partial charge in [0, 0.05) is 6.54 Å². The molecular weight excluding hydrogens is 288 g/mol. The average molecular weight is 312 g/mol. The number of hydrogen-bond donors (Lipinski definition) is 1. The van der Waals surface area contributed by atoms with E-state index in [0.29, 0.717) is 6.61 Å². The molecule has 122 valence electrons. The highest BCUT2D eigenvalue weighted by Crippen LogP contribution is 2.13. The van der Waals surface area contributed by atoms with Gasteiger partial charge in [-0.05, 0) is 50.2 Å². The molecule has 4 heteroatoms. The molecule has 23 heavy (non-hydrogen) atoms. The highest BCUT2D eigenvalue weighted by atomic mass is 16.6. The normalized spacial score (nSPS) is 11.7. The summed E-state index contributed by atoms with van der Waals surface area (Å²) < 4.78 is 0. The van der Waals surface area contributed by atoms with Crippen molar-refractivity contribution < 1.29 is 9.94 Å². The summed E-state index contributed by atoms with van der Waals surface area (Å²) in [7, 11) is 4.02. The molecule has 0 aliphatic heterocycles. The number of hydrogen-bond acceptors (Lipinski definition) is 4. The van der Waals surface area contributed by atoms with Crippen LogP contribution in [0.2, 0.25) is 0 Å². The Labute approximate surface area is 138 Å². The van der Waals surface area contributed by atoms with Crippen LogP contribution in [0.15, 0.2) is 59.8 Å². The molecule has 0 amide bonds. The first-order valence-electron chi connectivity index (χ1n) is 7.82. The summed E-state index contributed by atoms with van der Waals surface area (Å²) in [6.07, 6.45) is 1.64. The summed E-state index contributed by atoms with van der Waals surface area (Å²) in [5.41, 5.74) is 3.19. The van der Waals surface area contributed by atoms with Crippen molar-refractivity contribution in [2.45, 2.75) is 12.8 Å². The van der Waals surface area contributed by atoms with Crippen LogP contribution in [0.3, 0.4) is 0 Å². The Balaban J connectivity index is 2.01. The first kappa shape index (κ1) is 17.0. The largest absolute Gasteiger partial charge is 0.508 e. The molecule has 0 fully saturated rings. The Hall–Kier alpha value is -2.33. The maximum Gasteiger partial charge on any atom is 0.129 e. The predicted molar refractivity (Wildman–Crippen MR) is 93.9 cm³/mol. The first-order chi connectivity index (χ1) is 11.1. The van der Waals surface area contributed by atoms with Gasteiger partial charge in [0.15, 0.2) is 0 Å². The van der Waals surface area contributed by atoms with Crippen LogP contribution in [0.5, 0.6) is 5.75 Å². The molecule has 2 aromatic carbocycles. The zero-order valence-electron chi connectivity index (χ0n) is 13.8. The van der Waals surface area contributed by atoms with Crippen LogP contribution in [0.1, 0.15) is 17.5 Å². The van der Waals surface area contributed by atoms with Gasteiger partial charge in [0.25, 0.3) is 0 Å². The molecule has 0 aliphatic carbocycles. The lowest BCUT2D eigenvalue weighted by Crippen LogP contribution is -2.17. The van der Waals surface area contributed by atoms with Crippen molar-refractivity contribution in [2.75, 3.05) is 27.2 Å². The maximum atomic E-state index is 9.35. The highest BCUT2D eigenvalue weighted by molar-refractivity contribution is 6.00. The summed E-state index contributed by atoms with van der Waals surface area (Å²) in [4.78, 5) is 7.54. The van der Waals surface area contributed by atoms with Crippen molar-refractivity contribution in [2.24, 2.45) is 5.16 Å². The molecule has 2 aromatic rings. The van der Waals surface area contributed by atoms with Crippen LogP contribution >= 0.6 is 0 Å². The Kier molecular flexibility index (Phi) is 6.63. The molecular formula is C19H24N2O2. The van der Waals surface area contributed by atoms with Gasteiger partial charge in [-0.1, -0.05) is 47.6 Å². The summed E-state index contributed by atoms with van der Waals surface area (Å²) in [6, 6.07) is 17.4. The van der Waals surface area contributed by atoms with E-state index >= 15 is 0 Å². The zero-order chi connectivity index (χ0) is 16.5. The van der Waals surface area contributed by atoms with E-state index in [1.54, 1.807) is 12.1 Å². The second kappa shape index (κ2) is 8.96. The van der Waals surface area contributed by atoms with E-state index in [0.717, 1.165) is 30.7 Å². The average Bonchev–Trinajstić information content (AvgIpc) is 2.56. The minimum Gasteiger partial charge on any atom is -0.508 e. The molecule has 0 unspecified atom stereocenters. The van der Waals surface area contributed by atoms with Crippen molar-refractivity contribution in [3.63, 3.8) is 0 Å². The standard InChI is InChI=1S/C19H24N2O2/c1-21(2)14-15-23-20-19(17-6-4-3-5-7-17)13-10-16-8-11-18(22)12-9-16/h3-9,11-12,22H,10,13-15H2,1-2H3. The molecule has 0 spiro atoms. The van der Waals surface area contributed by atoms with Crippen LogP contribution in [0.25, 0.3) is 0 Å². The van der Waals surface area contributed by atoms with Crippen LogP contribution in [-0.2, 0) is 11.3 Å². The molecule has 0 saturated carbocycles. The quantitative estimate of drug-likeness (QED) is 0.462. The number of phenolic OH excluding ortho intramolecular Hbond substituents is 1. The van der Waals surface area contributed by atoms with E-state index in [9.17, 15) is 5.11 Å². The third-order valence-corrected chi connectivity index (χ3v) is 3.50. The molecule has 2 rings (SSSR count). The van der Waals surface area contributed by atoms with Gasteiger partial charge in [-0.2, -0.15) is 0 Å². The van der Waals surface area contributed by atoms with Gasteiger partial charge < -0.3 is 14.8 Å². The van der Waals surface area contributed by atoms with Crippen molar-refractivity contribution in [3.05, 3.63) is 65.7 Å². The fourth-order valence-electron chi connectivity index (χ4n) is 2.15. The minimum atomic E-state index is 0.290. The van der Waals surface area contributed by atoms with Gasteiger partial charge in [-0.25, -0.2) is 0 Å². The summed E-state index contributed by atoms with van der Waals surface area (Å²) in [5, 5.41) is 13.7. The fourth-order valence-corrected chi connectivity index (χ4v) is 2.15. The van der Waals surface area contributed by atoms with Gasteiger partial charge >= 0.3 is 0 Å². The molecule has 0 radical (unpaired) electrons. The van der Waals surface area contributed by atoms with Crippen LogP contribution in [0, 0.1) is 0 Å². The monoisotopic (exact) mass is 312 g/mol. The number of likely N-dealkylation sites (N-methyl/N-ethyl adjacent to an activating group) is 1. The fraction of sp³-hybridized carbons (Fsp3) is 0.316. The molecule has 0 heterocycles. The molecule has 0 aromatic heterocycles. The van der Waals surface area contributed by atoms with Crippen LogP contribution in [-0.4, -0.2) is 43.0 Å². The van der Waals surface area contributed by atoms with Gasteiger partial charge in [0.2, 0.25) is 0 Å². The lowest BCUT2D eigenvalue weighted by molar-refractivity contribution is 0.125. The minimum absolute atomic E-state index is 0.290. The molecule has 0 bridgehead atoms. The van der Waals surface area contributed by atoms with Gasteiger partial charge in [-0.15, -0.1) is 0 Å².